The molecule has 2 amide bonds. The molecule has 348 valence electrons. The van der Waals surface area contributed by atoms with Gasteiger partial charge in [-0.1, -0.05) is 0 Å². The predicted octanol–water partition coefficient (Wildman–Crippen LogP) is -9.58. The number of ether oxygens (including phenoxy) is 9. The summed E-state index contributed by atoms with van der Waals surface area (Å²) < 4.78 is 52.5. The minimum Gasteiger partial charge on any atom is -0.394 e. The van der Waals surface area contributed by atoms with Crippen LogP contribution in [0.25, 0.3) is 0 Å². The standard InChI is InChI=1S/C34H58N2O24/c1-8-17(41)22(46)25(49)32(53-8)59-28-16(36-11(4)40)31(52-7-14-20(44)21(45)15(30(51)55-14)35-10(3)39)57-13(6-38)27(28)58-34-29(24(48)19(43)12(5-37)56-34)60-33-26(50)23(47)18(42)9(2)54-33/h8-9,12-34,37-38,41-51H,5-7H2,1-4H3,(H,35,39)(H,36,40)/t8-,9-,12+,13+,14+,15+,16+,17+,18+,19-,20-,21+,22+,23+,24-,25-,26-,27+,28+,29+,30-,31+,32-,33-,34-/m0/s1. The molecule has 60 heavy (non-hydrogen) atoms. The van der Waals surface area contributed by atoms with Crippen molar-refractivity contribution in [2.45, 2.75) is 181 Å². The van der Waals surface area contributed by atoms with Gasteiger partial charge in [-0.05, 0) is 13.8 Å². The Bertz CT molecular complexity index is 1410. The smallest absolute Gasteiger partial charge is 0.217 e. The fraction of sp³-hybridized carbons (Fsp3) is 0.941. The largest absolute Gasteiger partial charge is 0.394 e. The third-order valence-corrected chi connectivity index (χ3v) is 11.0. The van der Waals surface area contributed by atoms with Gasteiger partial charge in [0.1, 0.15) is 110 Å². The van der Waals surface area contributed by atoms with E-state index in [2.05, 4.69) is 10.6 Å². The summed E-state index contributed by atoms with van der Waals surface area (Å²) >= 11 is 0. The number of carbonyl (C=O) groups excluding carboxylic acids is 2. The molecule has 5 fully saturated rings. The van der Waals surface area contributed by atoms with E-state index < -0.39 is 185 Å². The Labute approximate surface area is 342 Å². The van der Waals surface area contributed by atoms with Gasteiger partial charge in [0.05, 0.1) is 32.0 Å². The van der Waals surface area contributed by atoms with Crippen molar-refractivity contribution in [3.8, 4) is 0 Å². The highest BCUT2D eigenvalue weighted by Gasteiger charge is 2.57. The van der Waals surface area contributed by atoms with Gasteiger partial charge in [0.25, 0.3) is 0 Å². The topological polar surface area (TPSA) is 404 Å². The van der Waals surface area contributed by atoms with Crippen LogP contribution in [0.1, 0.15) is 27.7 Å². The Morgan fingerprint density at radius 1 is 0.467 bits per heavy atom. The second-order valence-corrected chi connectivity index (χ2v) is 15.4. The van der Waals surface area contributed by atoms with E-state index in [0.29, 0.717) is 0 Å². The number of rotatable bonds is 13. The Morgan fingerprint density at radius 2 is 0.933 bits per heavy atom. The number of hydrogen-bond acceptors (Lipinski definition) is 24. The van der Waals surface area contributed by atoms with Crippen LogP contribution in [-0.4, -0.2) is 251 Å². The molecule has 0 saturated carbocycles. The lowest BCUT2D eigenvalue weighted by atomic mass is 9.94. The molecule has 5 aliphatic heterocycles. The summed E-state index contributed by atoms with van der Waals surface area (Å²) in [5.74, 6) is -1.42. The lowest BCUT2D eigenvalue weighted by Crippen LogP contribution is -2.70. The SMILES string of the molecule is CC(=O)N[C@@H]1[C@@H](O)[C@@H](O)[C@@H](CO[C@@H]2O[C@H](CO)[C@@H](O[C@@H]3O[C@H](CO)[C@H](O)[C@H](O)[C@H]3O[C@@H]3O[C@@H](C)[C@@H](O)[C@@H](O)[C@@H]3O)[C@H](O[C@@H]3O[C@@H](C)[C@@H](O)[C@@H](O)[C@@H]3O)[C@H]2NC(C)=O)O[C@@H]1O. The van der Waals surface area contributed by atoms with Gasteiger partial charge in [-0.3, -0.25) is 9.59 Å². The molecule has 26 heteroatoms. The van der Waals surface area contributed by atoms with E-state index in [1.165, 1.54) is 13.8 Å². The normalized spacial score (nSPS) is 50.2. The first-order chi connectivity index (χ1) is 28.2. The van der Waals surface area contributed by atoms with Crippen LogP contribution in [0.4, 0.5) is 0 Å². The van der Waals surface area contributed by atoms with Crippen LogP contribution in [0.5, 0.6) is 0 Å². The molecule has 0 aliphatic carbocycles. The van der Waals surface area contributed by atoms with Crippen molar-refractivity contribution >= 4 is 11.8 Å². The zero-order valence-corrected chi connectivity index (χ0v) is 32.9. The molecule has 5 heterocycles. The summed E-state index contributed by atoms with van der Waals surface area (Å²) in [5, 5.41) is 143. The molecule has 0 bridgehead atoms. The molecule has 5 rings (SSSR count). The van der Waals surface area contributed by atoms with Crippen molar-refractivity contribution in [3.63, 3.8) is 0 Å². The summed E-state index contributed by atoms with van der Waals surface area (Å²) in [4.78, 5) is 24.4. The first-order valence-corrected chi connectivity index (χ1v) is 19.3. The number of hydrogen-bond donors (Lipinski definition) is 15. The monoisotopic (exact) mass is 878 g/mol. The average Bonchev–Trinajstić information content (AvgIpc) is 3.20. The summed E-state index contributed by atoms with van der Waals surface area (Å²) in [5.41, 5.74) is 0. The summed E-state index contributed by atoms with van der Waals surface area (Å²) in [6.07, 6.45) is -39.7. The molecule has 5 aliphatic rings. The van der Waals surface area contributed by atoms with Gasteiger partial charge >= 0.3 is 0 Å². The number of amides is 2. The summed E-state index contributed by atoms with van der Waals surface area (Å²) in [6, 6.07) is -3.05. The average molecular weight is 879 g/mol. The molecule has 0 unspecified atom stereocenters. The van der Waals surface area contributed by atoms with Crippen molar-refractivity contribution in [2.24, 2.45) is 0 Å². The second kappa shape index (κ2) is 20.7. The lowest BCUT2D eigenvalue weighted by Gasteiger charge is -2.51. The Kier molecular flexibility index (Phi) is 16.9. The maximum absolute atomic E-state index is 12.8. The van der Waals surface area contributed by atoms with E-state index in [1.54, 1.807) is 0 Å². The minimum absolute atomic E-state index is 0.652. The zero-order valence-electron chi connectivity index (χ0n) is 32.9. The minimum atomic E-state index is -2.01. The molecule has 0 spiro atoms. The maximum atomic E-state index is 12.8. The van der Waals surface area contributed by atoms with E-state index in [0.717, 1.165) is 13.8 Å². The van der Waals surface area contributed by atoms with Crippen molar-refractivity contribution < 1.29 is 119 Å². The molecule has 5 saturated heterocycles. The molecule has 0 aromatic carbocycles. The van der Waals surface area contributed by atoms with Gasteiger partial charge in [0.2, 0.25) is 11.8 Å². The van der Waals surface area contributed by atoms with Crippen LogP contribution >= 0.6 is 0 Å². The third kappa shape index (κ3) is 10.5. The Morgan fingerprint density at radius 3 is 1.45 bits per heavy atom. The lowest BCUT2D eigenvalue weighted by molar-refractivity contribution is -0.393. The van der Waals surface area contributed by atoms with Gasteiger partial charge in [-0.2, -0.15) is 0 Å². The third-order valence-electron chi connectivity index (χ3n) is 11.0. The molecule has 0 aromatic heterocycles. The molecule has 26 nitrogen and oxygen atoms in total. The molecular formula is C34H58N2O24. The fourth-order valence-corrected chi connectivity index (χ4v) is 7.60. The molecule has 15 N–H and O–H groups in total. The maximum Gasteiger partial charge on any atom is 0.217 e. The van der Waals surface area contributed by atoms with Crippen LogP contribution in [0.2, 0.25) is 0 Å². The number of aliphatic hydroxyl groups excluding tert-OH is 13. The number of aliphatic hydroxyl groups is 13. The van der Waals surface area contributed by atoms with Crippen molar-refractivity contribution in [1.82, 2.24) is 10.6 Å². The molecule has 0 aromatic rings. The van der Waals surface area contributed by atoms with E-state index >= 15 is 0 Å². The van der Waals surface area contributed by atoms with Crippen LogP contribution in [0.15, 0.2) is 0 Å². The zero-order chi connectivity index (χ0) is 44.5. The Balaban J connectivity index is 1.49. The quantitative estimate of drug-likeness (QED) is 0.0817. The van der Waals surface area contributed by atoms with Gasteiger partial charge in [-0.25, -0.2) is 0 Å². The van der Waals surface area contributed by atoms with Crippen molar-refractivity contribution in [1.29, 1.82) is 0 Å². The highest BCUT2D eigenvalue weighted by atomic mass is 16.8. The first kappa shape index (κ1) is 49.1. The highest BCUT2D eigenvalue weighted by molar-refractivity contribution is 5.73. The van der Waals surface area contributed by atoms with E-state index in [-0.39, 0.29) is 0 Å². The summed E-state index contributed by atoms with van der Waals surface area (Å²) in [7, 11) is 0. The van der Waals surface area contributed by atoms with Crippen LogP contribution < -0.4 is 10.6 Å². The Hall–Kier alpha value is -1.94. The van der Waals surface area contributed by atoms with Crippen molar-refractivity contribution in [3.05, 3.63) is 0 Å². The summed E-state index contributed by atoms with van der Waals surface area (Å²) in [6.45, 7) is 2.27. The van der Waals surface area contributed by atoms with Gasteiger partial charge in [0, 0.05) is 13.8 Å². The predicted molar refractivity (Wildman–Crippen MR) is 187 cm³/mol. The highest BCUT2D eigenvalue weighted by Crippen LogP contribution is 2.36. The number of carbonyl (C=O) groups is 2. The number of nitrogens with one attached hydrogen (secondary N) is 2. The van der Waals surface area contributed by atoms with E-state index in [1.807, 2.05) is 0 Å². The first-order valence-electron chi connectivity index (χ1n) is 19.3. The molecule has 25 atom stereocenters. The van der Waals surface area contributed by atoms with E-state index in [4.69, 9.17) is 42.6 Å². The van der Waals surface area contributed by atoms with Crippen LogP contribution in [0, 0.1) is 0 Å². The van der Waals surface area contributed by atoms with Gasteiger partial charge in [0.15, 0.2) is 31.5 Å². The van der Waals surface area contributed by atoms with Crippen LogP contribution in [0.3, 0.4) is 0 Å². The molecular weight excluding hydrogens is 820 g/mol. The molecule has 0 radical (unpaired) electrons. The van der Waals surface area contributed by atoms with Gasteiger partial charge in [-0.15, -0.1) is 0 Å². The van der Waals surface area contributed by atoms with E-state index in [9.17, 15) is 76.0 Å². The fourth-order valence-electron chi connectivity index (χ4n) is 7.60. The van der Waals surface area contributed by atoms with Gasteiger partial charge < -0.3 is 120 Å². The van der Waals surface area contributed by atoms with Crippen molar-refractivity contribution in [2.75, 3.05) is 19.8 Å². The van der Waals surface area contributed by atoms with Crippen LogP contribution in [-0.2, 0) is 52.2 Å². The second-order valence-electron chi connectivity index (χ2n) is 15.4.